The summed E-state index contributed by atoms with van der Waals surface area (Å²) in [6, 6.07) is 0. The van der Waals surface area contributed by atoms with E-state index >= 15 is 0 Å². The third kappa shape index (κ3) is 11.7. The smallest absolute Gasteiger partial charge is 0.0647 e. The molecule has 2 N–H and O–H groups in total. The SMILES string of the molecule is CCCC(O)(CCC)CCCCCCCCCCCO. The highest BCUT2D eigenvalue weighted by Crippen LogP contribution is 2.26. The highest BCUT2D eigenvalue weighted by Gasteiger charge is 2.23. The standard InChI is InChI=1S/C18H38O2/c1-3-14-18(20,15-4-2)16-12-10-8-6-5-7-9-11-13-17-19/h19-20H,3-17H2,1-2H3. The van der Waals surface area contributed by atoms with Gasteiger partial charge in [0.1, 0.15) is 0 Å². The molecule has 0 radical (unpaired) electrons. The van der Waals surface area contributed by atoms with Gasteiger partial charge >= 0.3 is 0 Å². The molecule has 0 aromatic carbocycles. The topological polar surface area (TPSA) is 40.5 Å². The van der Waals surface area contributed by atoms with Crippen LogP contribution in [0.25, 0.3) is 0 Å². The highest BCUT2D eigenvalue weighted by molar-refractivity contribution is 4.77. The first-order valence-electron chi connectivity index (χ1n) is 9.01. The van der Waals surface area contributed by atoms with Crippen molar-refractivity contribution in [2.45, 2.75) is 109 Å². The Morgan fingerprint density at radius 3 is 1.40 bits per heavy atom. The molecule has 2 heteroatoms. The minimum atomic E-state index is -0.381. The number of hydrogen-bond donors (Lipinski definition) is 2. The monoisotopic (exact) mass is 286 g/mol. The van der Waals surface area contributed by atoms with Crippen molar-refractivity contribution in [1.29, 1.82) is 0 Å². The number of rotatable bonds is 15. The van der Waals surface area contributed by atoms with Gasteiger partial charge < -0.3 is 10.2 Å². The highest BCUT2D eigenvalue weighted by atomic mass is 16.3. The lowest BCUT2D eigenvalue weighted by Gasteiger charge is -2.27. The largest absolute Gasteiger partial charge is 0.396 e. The van der Waals surface area contributed by atoms with Gasteiger partial charge in [-0.25, -0.2) is 0 Å². The summed E-state index contributed by atoms with van der Waals surface area (Å²) in [5, 5.41) is 19.2. The van der Waals surface area contributed by atoms with Crippen molar-refractivity contribution in [2.24, 2.45) is 0 Å². The van der Waals surface area contributed by atoms with Crippen LogP contribution in [0.4, 0.5) is 0 Å². The van der Waals surface area contributed by atoms with Crippen molar-refractivity contribution in [3.63, 3.8) is 0 Å². The second-order valence-corrected chi connectivity index (χ2v) is 6.38. The molecule has 0 spiro atoms. The predicted octanol–water partition coefficient (Wildman–Crippen LogP) is 5.21. The second-order valence-electron chi connectivity index (χ2n) is 6.38. The van der Waals surface area contributed by atoms with E-state index in [0.717, 1.165) is 38.5 Å². The molecule has 0 aliphatic carbocycles. The van der Waals surface area contributed by atoms with Crippen LogP contribution in [0.5, 0.6) is 0 Å². The summed E-state index contributed by atoms with van der Waals surface area (Å²) in [7, 11) is 0. The molecular weight excluding hydrogens is 248 g/mol. The Bertz CT molecular complexity index is 186. The molecule has 0 heterocycles. The van der Waals surface area contributed by atoms with Crippen LogP contribution >= 0.6 is 0 Å². The molecule has 0 atom stereocenters. The summed E-state index contributed by atoms with van der Waals surface area (Å²) in [6.07, 6.45) is 16.3. The summed E-state index contributed by atoms with van der Waals surface area (Å²) >= 11 is 0. The maximum atomic E-state index is 10.5. The van der Waals surface area contributed by atoms with Crippen LogP contribution in [-0.2, 0) is 0 Å². The van der Waals surface area contributed by atoms with Gasteiger partial charge in [0.05, 0.1) is 5.60 Å². The van der Waals surface area contributed by atoms with Crippen LogP contribution < -0.4 is 0 Å². The molecule has 0 saturated heterocycles. The van der Waals surface area contributed by atoms with Gasteiger partial charge in [-0.2, -0.15) is 0 Å². The zero-order valence-electron chi connectivity index (χ0n) is 14.0. The van der Waals surface area contributed by atoms with Gasteiger partial charge in [-0.1, -0.05) is 78.1 Å². The fourth-order valence-electron chi connectivity index (χ4n) is 3.11. The molecule has 0 aliphatic rings. The Hall–Kier alpha value is -0.0800. The molecule has 20 heavy (non-hydrogen) atoms. The number of aliphatic hydroxyl groups is 2. The summed E-state index contributed by atoms with van der Waals surface area (Å²) < 4.78 is 0. The third-order valence-electron chi connectivity index (χ3n) is 4.23. The Kier molecular flexibility index (Phi) is 13.8. The maximum absolute atomic E-state index is 10.5. The summed E-state index contributed by atoms with van der Waals surface area (Å²) in [5.74, 6) is 0. The van der Waals surface area contributed by atoms with Crippen molar-refractivity contribution in [3.05, 3.63) is 0 Å². The van der Waals surface area contributed by atoms with E-state index in [2.05, 4.69) is 13.8 Å². The van der Waals surface area contributed by atoms with Gasteiger partial charge in [-0.05, 0) is 25.7 Å². The van der Waals surface area contributed by atoms with Gasteiger partial charge in [-0.3, -0.25) is 0 Å². The Morgan fingerprint density at radius 1 is 0.600 bits per heavy atom. The zero-order chi connectivity index (χ0) is 15.1. The van der Waals surface area contributed by atoms with Crippen LogP contribution in [0.2, 0.25) is 0 Å². The molecule has 0 rings (SSSR count). The minimum Gasteiger partial charge on any atom is -0.396 e. The Balaban J connectivity index is 3.41. The normalized spacial score (nSPS) is 12.0. The van der Waals surface area contributed by atoms with E-state index in [1.54, 1.807) is 0 Å². The van der Waals surface area contributed by atoms with E-state index in [0.29, 0.717) is 6.61 Å². The molecule has 2 nitrogen and oxygen atoms in total. The lowest BCUT2D eigenvalue weighted by atomic mass is 9.87. The number of aliphatic hydroxyl groups excluding tert-OH is 1. The minimum absolute atomic E-state index is 0.346. The first kappa shape index (κ1) is 19.9. The van der Waals surface area contributed by atoms with E-state index in [1.165, 1.54) is 51.4 Å². The van der Waals surface area contributed by atoms with Crippen LogP contribution in [0.1, 0.15) is 104 Å². The van der Waals surface area contributed by atoms with Crippen molar-refractivity contribution in [2.75, 3.05) is 6.61 Å². The van der Waals surface area contributed by atoms with Gasteiger partial charge in [-0.15, -0.1) is 0 Å². The molecule has 0 saturated carbocycles. The molecule has 0 fully saturated rings. The van der Waals surface area contributed by atoms with Crippen molar-refractivity contribution in [1.82, 2.24) is 0 Å². The van der Waals surface area contributed by atoms with Crippen molar-refractivity contribution in [3.8, 4) is 0 Å². The Morgan fingerprint density at radius 2 is 1.00 bits per heavy atom. The quantitative estimate of drug-likeness (QED) is 0.406. The number of unbranched alkanes of at least 4 members (excludes halogenated alkanes) is 8. The predicted molar refractivity (Wildman–Crippen MR) is 88.0 cm³/mol. The molecular formula is C18H38O2. The first-order valence-corrected chi connectivity index (χ1v) is 9.01. The summed E-state index contributed by atoms with van der Waals surface area (Å²) in [5.41, 5.74) is -0.381. The van der Waals surface area contributed by atoms with Gasteiger partial charge in [0.15, 0.2) is 0 Å². The van der Waals surface area contributed by atoms with E-state index in [1.807, 2.05) is 0 Å². The molecule has 0 aromatic heterocycles. The van der Waals surface area contributed by atoms with Crippen LogP contribution in [0.3, 0.4) is 0 Å². The fraction of sp³-hybridized carbons (Fsp3) is 1.00. The number of hydrogen-bond acceptors (Lipinski definition) is 2. The van der Waals surface area contributed by atoms with Gasteiger partial charge in [0.2, 0.25) is 0 Å². The van der Waals surface area contributed by atoms with Gasteiger partial charge in [0, 0.05) is 6.61 Å². The van der Waals surface area contributed by atoms with Crippen LogP contribution in [0, 0.1) is 0 Å². The zero-order valence-corrected chi connectivity index (χ0v) is 14.0. The lowest BCUT2D eigenvalue weighted by molar-refractivity contribution is 0.0105. The second kappa shape index (κ2) is 13.9. The maximum Gasteiger partial charge on any atom is 0.0647 e. The third-order valence-corrected chi connectivity index (χ3v) is 4.23. The summed E-state index contributed by atoms with van der Waals surface area (Å²) in [6.45, 7) is 4.67. The molecule has 0 unspecified atom stereocenters. The van der Waals surface area contributed by atoms with E-state index < -0.39 is 0 Å². The molecule has 0 aliphatic heterocycles. The molecule has 0 bridgehead atoms. The lowest BCUT2D eigenvalue weighted by Crippen LogP contribution is -2.28. The fourth-order valence-corrected chi connectivity index (χ4v) is 3.11. The average molecular weight is 286 g/mol. The van der Waals surface area contributed by atoms with E-state index in [9.17, 15) is 5.11 Å². The van der Waals surface area contributed by atoms with Crippen LogP contribution in [0.15, 0.2) is 0 Å². The van der Waals surface area contributed by atoms with E-state index in [4.69, 9.17) is 5.11 Å². The average Bonchev–Trinajstić information content (AvgIpc) is 2.41. The van der Waals surface area contributed by atoms with Crippen molar-refractivity contribution < 1.29 is 10.2 Å². The Labute approximate surface area is 127 Å². The first-order chi connectivity index (χ1) is 9.68. The van der Waals surface area contributed by atoms with Crippen molar-refractivity contribution >= 4 is 0 Å². The van der Waals surface area contributed by atoms with Crippen LogP contribution in [-0.4, -0.2) is 22.4 Å². The molecule has 122 valence electrons. The van der Waals surface area contributed by atoms with E-state index in [-0.39, 0.29) is 5.60 Å². The summed E-state index contributed by atoms with van der Waals surface area (Å²) in [4.78, 5) is 0. The molecule has 0 amide bonds. The molecule has 0 aromatic rings. The van der Waals surface area contributed by atoms with Gasteiger partial charge in [0.25, 0.3) is 0 Å².